The van der Waals surface area contributed by atoms with Crippen molar-refractivity contribution in [3.05, 3.63) is 63.3 Å². The second-order valence-corrected chi connectivity index (χ2v) is 5.67. The quantitative estimate of drug-likeness (QED) is 0.817. The molecule has 0 bridgehead atoms. The minimum atomic E-state index is 0.271. The third kappa shape index (κ3) is 4.30. The maximum atomic E-state index is 5.78. The van der Waals surface area contributed by atoms with Crippen molar-refractivity contribution in [3.8, 4) is 0 Å². The highest BCUT2D eigenvalue weighted by atomic mass is 79.9. The Hall–Kier alpha value is -0.900. The maximum Gasteiger partial charge on any atom is 0.129 e. The zero-order chi connectivity index (χ0) is 13.7. The SMILES string of the molecule is C[C@H](NCCc1ccccc1Br)c1ccc(Cl)nc1. The first-order valence-corrected chi connectivity index (χ1v) is 7.42. The van der Waals surface area contributed by atoms with Crippen LogP contribution in [0.15, 0.2) is 47.1 Å². The number of nitrogens with zero attached hydrogens (tertiary/aromatic N) is 1. The fourth-order valence-corrected chi connectivity index (χ4v) is 2.48. The van der Waals surface area contributed by atoms with Gasteiger partial charge in [0.2, 0.25) is 0 Å². The van der Waals surface area contributed by atoms with Crippen LogP contribution in [-0.4, -0.2) is 11.5 Å². The zero-order valence-electron chi connectivity index (χ0n) is 10.7. The van der Waals surface area contributed by atoms with Gasteiger partial charge in [-0.3, -0.25) is 0 Å². The number of hydrogen-bond acceptors (Lipinski definition) is 2. The van der Waals surface area contributed by atoms with Crippen LogP contribution in [0.4, 0.5) is 0 Å². The van der Waals surface area contributed by atoms with Crippen molar-refractivity contribution in [2.75, 3.05) is 6.54 Å². The predicted octanol–water partition coefficient (Wildman–Crippen LogP) is 4.39. The first-order valence-electron chi connectivity index (χ1n) is 6.25. The fourth-order valence-electron chi connectivity index (χ4n) is 1.89. The summed E-state index contributed by atoms with van der Waals surface area (Å²) in [6.07, 6.45) is 2.81. The molecule has 0 unspecified atom stereocenters. The first-order chi connectivity index (χ1) is 9.16. The van der Waals surface area contributed by atoms with Gasteiger partial charge in [-0.25, -0.2) is 4.98 Å². The highest BCUT2D eigenvalue weighted by molar-refractivity contribution is 9.10. The molecule has 1 heterocycles. The van der Waals surface area contributed by atoms with E-state index < -0.39 is 0 Å². The third-order valence-electron chi connectivity index (χ3n) is 3.05. The Bertz CT molecular complexity index is 528. The Balaban J connectivity index is 1.86. The Morgan fingerprint density at radius 2 is 2.05 bits per heavy atom. The van der Waals surface area contributed by atoms with Crippen molar-refractivity contribution in [2.24, 2.45) is 0 Å². The molecule has 2 rings (SSSR count). The Kier molecular flexibility index (Phi) is 5.37. The summed E-state index contributed by atoms with van der Waals surface area (Å²) in [5, 5.41) is 4.02. The standard InChI is InChI=1S/C15H16BrClN2/c1-11(13-6-7-15(17)19-10-13)18-9-8-12-4-2-3-5-14(12)16/h2-7,10-11,18H,8-9H2,1H3/t11-/m0/s1. The molecule has 100 valence electrons. The third-order valence-corrected chi connectivity index (χ3v) is 4.05. The summed E-state index contributed by atoms with van der Waals surface area (Å²) in [4.78, 5) is 4.10. The van der Waals surface area contributed by atoms with Crippen molar-refractivity contribution in [1.29, 1.82) is 0 Å². The lowest BCUT2D eigenvalue weighted by Gasteiger charge is -2.14. The van der Waals surface area contributed by atoms with Gasteiger partial charge >= 0.3 is 0 Å². The number of nitrogens with one attached hydrogen (secondary N) is 1. The number of benzene rings is 1. The van der Waals surface area contributed by atoms with Gasteiger partial charge in [-0.2, -0.15) is 0 Å². The van der Waals surface area contributed by atoms with Crippen molar-refractivity contribution < 1.29 is 0 Å². The van der Waals surface area contributed by atoms with E-state index in [0.29, 0.717) is 5.15 Å². The molecule has 0 saturated carbocycles. The second kappa shape index (κ2) is 7.04. The number of hydrogen-bond donors (Lipinski definition) is 1. The fraction of sp³-hybridized carbons (Fsp3) is 0.267. The van der Waals surface area contributed by atoms with Gasteiger partial charge in [0.15, 0.2) is 0 Å². The van der Waals surface area contributed by atoms with Crippen LogP contribution >= 0.6 is 27.5 Å². The van der Waals surface area contributed by atoms with Gasteiger partial charge in [0.25, 0.3) is 0 Å². The molecule has 1 aromatic heterocycles. The minimum absolute atomic E-state index is 0.271. The number of pyridine rings is 1. The van der Waals surface area contributed by atoms with E-state index in [4.69, 9.17) is 11.6 Å². The molecule has 2 nitrogen and oxygen atoms in total. The molecular formula is C15H16BrClN2. The van der Waals surface area contributed by atoms with E-state index in [-0.39, 0.29) is 6.04 Å². The minimum Gasteiger partial charge on any atom is -0.310 e. The molecule has 0 amide bonds. The summed E-state index contributed by atoms with van der Waals surface area (Å²) in [5.74, 6) is 0. The summed E-state index contributed by atoms with van der Waals surface area (Å²) in [5.41, 5.74) is 2.47. The van der Waals surface area contributed by atoms with E-state index in [9.17, 15) is 0 Å². The normalized spacial score (nSPS) is 12.4. The van der Waals surface area contributed by atoms with Gasteiger partial charge in [-0.15, -0.1) is 0 Å². The molecule has 19 heavy (non-hydrogen) atoms. The highest BCUT2D eigenvalue weighted by Crippen LogP contribution is 2.17. The average molecular weight is 340 g/mol. The molecule has 0 spiro atoms. The lowest BCUT2D eigenvalue weighted by molar-refractivity contribution is 0.575. The van der Waals surface area contributed by atoms with E-state index in [1.165, 1.54) is 5.56 Å². The van der Waals surface area contributed by atoms with Gasteiger partial charge in [0.05, 0.1) is 0 Å². The molecule has 0 aliphatic carbocycles. The molecule has 0 aliphatic rings. The number of halogens is 2. The summed E-state index contributed by atoms with van der Waals surface area (Å²) < 4.78 is 1.16. The lowest BCUT2D eigenvalue weighted by Crippen LogP contribution is -2.21. The van der Waals surface area contributed by atoms with Crippen LogP contribution in [0.5, 0.6) is 0 Å². The van der Waals surface area contributed by atoms with Crippen LogP contribution in [0.25, 0.3) is 0 Å². The topological polar surface area (TPSA) is 24.9 Å². The van der Waals surface area contributed by atoms with Crippen LogP contribution in [-0.2, 0) is 6.42 Å². The monoisotopic (exact) mass is 338 g/mol. The molecule has 1 atom stereocenters. The molecular weight excluding hydrogens is 324 g/mol. The van der Waals surface area contributed by atoms with E-state index in [0.717, 1.165) is 23.0 Å². The predicted molar refractivity (Wildman–Crippen MR) is 83.5 cm³/mol. The summed E-state index contributed by atoms with van der Waals surface area (Å²) in [6, 6.07) is 12.4. The van der Waals surface area contributed by atoms with Crippen molar-refractivity contribution in [1.82, 2.24) is 10.3 Å². The van der Waals surface area contributed by atoms with Gasteiger partial charge in [-0.1, -0.05) is 51.8 Å². The zero-order valence-corrected chi connectivity index (χ0v) is 13.1. The van der Waals surface area contributed by atoms with Crippen molar-refractivity contribution in [2.45, 2.75) is 19.4 Å². The lowest BCUT2D eigenvalue weighted by atomic mass is 10.1. The summed E-state index contributed by atoms with van der Waals surface area (Å²) in [7, 11) is 0. The van der Waals surface area contributed by atoms with Crippen LogP contribution in [0.2, 0.25) is 5.15 Å². The highest BCUT2D eigenvalue weighted by Gasteiger charge is 2.05. The Morgan fingerprint density at radius 1 is 1.26 bits per heavy atom. The van der Waals surface area contributed by atoms with Crippen molar-refractivity contribution >= 4 is 27.5 Å². The van der Waals surface area contributed by atoms with E-state index in [1.54, 1.807) is 0 Å². The molecule has 4 heteroatoms. The molecule has 0 fully saturated rings. The molecule has 1 N–H and O–H groups in total. The van der Waals surface area contributed by atoms with Crippen LogP contribution < -0.4 is 5.32 Å². The largest absolute Gasteiger partial charge is 0.310 e. The van der Waals surface area contributed by atoms with Gasteiger partial charge < -0.3 is 5.32 Å². The van der Waals surface area contributed by atoms with Crippen LogP contribution in [0.3, 0.4) is 0 Å². The summed E-state index contributed by atoms with van der Waals surface area (Å²) in [6.45, 7) is 3.05. The molecule has 1 aromatic carbocycles. The average Bonchev–Trinajstić information content (AvgIpc) is 2.41. The van der Waals surface area contributed by atoms with Gasteiger partial charge in [-0.05, 0) is 43.1 Å². The molecule has 0 saturated heterocycles. The van der Waals surface area contributed by atoms with Crippen molar-refractivity contribution in [3.63, 3.8) is 0 Å². The molecule has 0 aliphatic heterocycles. The van der Waals surface area contributed by atoms with Crippen LogP contribution in [0, 0.1) is 0 Å². The smallest absolute Gasteiger partial charge is 0.129 e. The van der Waals surface area contributed by atoms with E-state index in [2.05, 4.69) is 51.4 Å². The second-order valence-electron chi connectivity index (χ2n) is 4.43. The number of rotatable bonds is 5. The van der Waals surface area contributed by atoms with Gasteiger partial charge in [0.1, 0.15) is 5.15 Å². The molecule has 0 radical (unpaired) electrons. The van der Waals surface area contributed by atoms with Gasteiger partial charge in [0, 0.05) is 16.7 Å². The first kappa shape index (κ1) is 14.5. The maximum absolute atomic E-state index is 5.78. The van der Waals surface area contributed by atoms with Crippen LogP contribution in [0.1, 0.15) is 24.1 Å². The molecule has 2 aromatic rings. The van der Waals surface area contributed by atoms with E-state index in [1.807, 2.05) is 24.4 Å². The number of aromatic nitrogens is 1. The Morgan fingerprint density at radius 3 is 2.74 bits per heavy atom. The summed E-state index contributed by atoms with van der Waals surface area (Å²) >= 11 is 9.35. The van der Waals surface area contributed by atoms with E-state index >= 15 is 0 Å². The Labute approximate surface area is 127 Å².